The molecule has 12 heavy (non-hydrogen) atoms. The van der Waals surface area contributed by atoms with Crippen LogP contribution in [0, 0.1) is 0 Å². The van der Waals surface area contributed by atoms with Gasteiger partial charge in [0.2, 0.25) is 0 Å². The zero-order chi connectivity index (χ0) is 9.45. The smallest absolute Gasteiger partial charge is 0.0644 e. The van der Waals surface area contributed by atoms with Crippen LogP contribution in [0.4, 0.5) is 0 Å². The van der Waals surface area contributed by atoms with E-state index in [-0.39, 0.29) is 12.2 Å². The van der Waals surface area contributed by atoms with Crippen LogP contribution in [0.2, 0.25) is 0 Å². The van der Waals surface area contributed by atoms with E-state index in [9.17, 15) is 0 Å². The molecule has 0 saturated heterocycles. The van der Waals surface area contributed by atoms with Crippen molar-refractivity contribution in [3.05, 3.63) is 0 Å². The van der Waals surface area contributed by atoms with Gasteiger partial charge in [0, 0.05) is 26.9 Å². The van der Waals surface area contributed by atoms with Gasteiger partial charge in [0.25, 0.3) is 0 Å². The molecule has 0 rings (SSSR count). The standard InChI is InChI=1S/C9H20O3/c1-9(2,11-3)5-8-12-7-4-6-10/h10H,4-8H2,1-3H3. The highest BCUT2D eigenvalue weighted by atomic mass is 16.5. The van der Waals surface area contributed by atoms with Crippen LogP contribution in [0.15, 0.2) is 0 Å². The minimum Gasteiger partial charge on any atom is -0.396 e. The van der Waals surface area contributed by atoms with Crippen LogP contribution in [0.5, 0.6) is 0 Å². The summed E-state index contributed by atoms with van der Waals surface area (Å²) in [5.41, 5.74) is -0.0980. The van der Waals surface area contributed by atoms with E-state index in [4.69, 9.17) is 14.6 Å². The molecule has 74 valence electrons. The SMILES string of the molecule is COC(C)(C)CCOCCCO. The third-order valence-corrected chi connectivity index (χ3v) is 1.85. The zero-order valence-corrected chi connectivity index (χ0v) is 8.30. The second kappa shape index (κ2) is 6.40. The Hall–Kier alpha value is -0.120. The summed E-state index contributed by atoms with van der Waals surface area (Å²) in [6.45, 7) is 5.59. The molecule has 0 aliphatic carbocycles. The topological polar surface area (TPSA) is 38.7 Å². The van der Waals surface area contributed by atoms with E-state index in [2.05, 4.69) is 0 Å². The molecule has 0 aromatic rings. The maximum absolute atomic E-state index is 8.47. The van der Waals surface area contributed by atoms with Crippen molar-refractivity contribution in [1.29, 1.82) is 0 Å². The molecular formula is C9H20O3. The summed E-state index contributed by atoms with van der Waals surface area (Å²) in [4.78, 5) is 0. The maximum atomic E-state index is 8.47. The van der Waals surface area contributed by atoms with Crippen LogP contribution in [-0.2, 0) is 9.47 Å². The van der Waals surface area contributed by atoms with E-state index >= 15 is 0 Å². The lowest BCUT2D eigenvalue weighted by molar-refractivity contribution is -0.0109. The van der Waals surface area contributed by atoms with Crippen molar-refractivity contribution in [2.75, 3.05) is 26.9 Å². The molecule has 1 N–H and O–H groups in total. The average Bonchev–Trinajstić information content (AvgIpc) is 2.04. The number of aliphatic hydroxyl groups excluding tert-OH is 1. The van der Waals surface area contributed by atoms with Crippen molar-refractivity contribution in [3.63, 3.8) is 0 Å². The minimum atomic E-state index is -0.0980. The molecule has 0 aromatic carbocycles. The fourth-order valence-electron chi connectivity index (χ4n) is 0.689. The summed E-state index contributed by atoms with van der Waals surface area (Å²) in [7, 11) is 1.70. The molecule has 0 unspecified atom stereocenters. The van der Waals surface area contributed by atoms with Gasteiger partial charge in [-0.15, -0.1) is 0 Å². The largest absolute Gasteiger partial charge is 0.396 e. The summed E-state index contributed by atoms with van der Waals surface area (Å²) in [5, 5.41) is 8.47. The van der Waals surface area contributed by atoms with Crippen molar-refractivity contribution in [3.8, 4) is 0 Å². The highest BCUT2D eigenvalue weighted by Crippen LogP contribution is 2.12. The van der Waals surface area contributed by atoms with Gasteiger partial charge in [-0.3, -0.25) is 0 Å². The lowest BCUT2D eigenvalue weighted by Gasteiger charge is -2.22. The third-order valence-electron chi connectivity index (χ3n) is 1.85. The monoisotopic (exact) mass is 176 g/mol. The van der Waals surface area contributed by atoms with Gasteiger partial charge >= 0.3 is 0 Å². The Morgan fingerprint density at radius 3 is 2.42 bits per heavy atom. The number of rotatable bonds is 7. The van der Waals surface area contributed by atoms with Gasteiger partial charge in [-0.2, -0.15) is 0 Å². The molecule has 0 heterocycles. The van der Waals surface area contributed by atoms with E-state index in [0.717, 1.165) is 6.42 Å². The molecule has 0 spiro atoms. The van der Waals surface area contributed by atoms with E-state index in [1.54, 1.807) is 7.11 Å². The second-order valence-corrected chi connectivity index (χ2v) is 3.40. The third kappa shape index (κ3) is 6.58. The molecule has 3 heteroatoms. The first kappa shape index (κ1) is 11.9. The predicted molar refractivity (Wildman–Crippen MR) is 48.2 cm³/mol. The van der Waals surface area contributed by atoms with Gasteiger partial charge in [0.05, 0.1) is 5.60 Å². The van der Waals surface area contributed by atoms with Crippen LogP contribution >= 0.6 is 0 Å². The Bertz CT molecular complexity index is 102. The first-order valence-electron chi connectivity index (χ1n) is 4.36. The number of hydrogen-bond acceptors (Lipinski definition) is 3. The van der Waals surface area contributed by atoms with Crippen LogP contribution in [0.25, 0.3) is 0 Å². The normalized spacial score (nSPS) is 12.0. The summed E-state index contributed by atoms with van der Waals surface area (Å²) >= 11 is 0. The lowest BCUT2D eigenvalue weighted by Crippen LogP contribution is -2.24. The lowest BCUT2D eigenvalue weighted by atomic mass is 10.1. The first-order valence-corrected chi connectivity index (χ1v) is 4.36. The first-order chi connectivity index (χ1) is 5.62. The van der Waals surface area contributed by atoms with E-state index in [1.165, 1.54) is 0 Å². The summed E-state index contributed by atoms with van der Waals surface area (Å²) in [6, 6.07) is 0. The van der Waals surface area contributed by atoms with Gasteiger partial charge in [0.1, 0.15) is 0 Å². The van der Waals surface area contributed by atoms with Crippen molar-refractivity contribution in [2.24, 2.45) is 0 Å². The molecule has 0 aliphatic heterocycles. The van der Waals surface area contributed by atoms with Crippen molar-refractivity contribution in [2.45, 2.75) is 32.3 Å². The molecule has 0 fully saturated rings. The van der Waals surface area contributed by atoms with Crippen molar-refractivity contribution in [1.82, 2.24) is 0 Å². The Labute approximate surface area is 74.7 Å². The number of ether oxygens (including phenoxy) is 2. The quantitative estimate of drug-likeness (QED) is 0.592. The van der Waals surface area contributed by atoms with Crippen molar-refractivity contribution >= 4 is 0 Å². The van der Waals surface area contributed by atoms with Gasteiger partial charge in [0.15, 0.2) is 0 Å². The number of aliphatic hydroxyl groups is 1. The van der Waals surface area contributed by atoms with Gasteiger partial charge < -0.3 is 14.6 Å². The number of hydrogen-bond donors (Lipinski definition) is 1. The Morgan fingerprint density at radius 2 is 1.92 bits per heavy atom. The molecule has 0 bridgehead atoms. The average molecular weight is 176 g/mol. The molecule has 0 radical (unpaired) electrons. The molecule has 0 atom stereocenters. The number of methoxy groups -OCH3 is 1. The molecule has 0 saturated carbocycles. The van der Waals surface area contributed by atoms with Crippen molar-refractivity contribution < 1.29 is 14.6 Å². The van der Waals surface area contributed by atoms with Crippen LogP contribution in [-0.4, -0.2) is 37.6 Å². The van der Waals surface area contributed by atoms with E-state index in [0.29, 0.717) is 19.6 Å². The fraction of sp³-hybridized carbons (Fsp3) is 1.00. The highest BCUT2D eigenvalue weighted by molar-refractivity contribution is 4.66. The minimum absolute atomic E-state index is 0.0980. The molecule has 3 nitrogen and oxygen atoms in total. The highest BCUT2D eigenvalue weighted by Gasteiger charge is 2.15. The maximum Gasteiger partial charge on any atom is 0.0644 e. The van der Waals surface area contributed by atoms with Crippen LogP contribution in [0.3, 0.4) is 0 Å². The summed E-state index contributed by atoms with van der Waals surface area (Å²) in [5.74, 6) is 0. The summed E-state index contributed by atoms with van der Waals surface area (Å²) in [6.07, 6.45) is 1.60. The molecule has 0 amide bonds. The second-order valence-electron chi connectivity index (χ2n) is 3.40. The van der Waals surface area contributed by atoms with Crippen LogP contribution < -0.4 is 0 Å². The molecule has 0 aromatic heterocycles. The summed E-state index contributed by atoms with van der Waals surface area (Å²) < 4.78 is 10.5. The molecule has 0 aliphatic rings. The predicted octanol–water partition coefficient (Wildman–Crippen LogP) is 1.20. The zero-order valence-electron chi connectivity index (χ0n) is 8.30. The van der Waals surface area contributed by atoms with Crippen LogP contribution in [0.1, 0.15) is 26.7 Å². The van der Waals surface area contributed by atoms with Gasteiger partial charge in [-0.1, -0.05) is 0 Å². The Morgan fingerprint density at radius 1 is 1.25 bits per heavy atom. The van der Waals surface area contributed by atoms with Gasteiger partial charge in [-0.25, -0.2) is 0 Å². The van der Waals surface area contributed by atoms with Gasteiger partial charge in [-0.05, 0) is 26.7 Å². The Kier molecular flexibility index (Phi) is 6.34. The Balaban J connectivity index is 3.19. The fourth-order valence-corrected chi connectivity index (χ4v) is 0.689. The van der Waals surface area contributed by atoms with E-state index in [1.807, 2.05) is 13.8 Å². The van der Waals surface area contributed by atoms with E-state index < -0.39 is 0 Å². The molecular weight excluding hydrogens is 156 g/mol.